The molecule has 0 aromatic heterocycles. The number of rotatable bonds is 7. The fourth-order valence-corrected chi connectivity index (χ4v) is 2.79. The molecule has 2 unspecified atom stereocenters. The highest BCUT2D eigenvalue weighted by atomic mass is 16.5. The van der Waals surface area contributed by atoms with Gasteiger partial charge in [0.25, 0.3) is 0 Å². The molecule has 1 rings (SSSR count). The van der Waals surface area contributed by atoms with E-state index in [4.69, 9.17) is 9.47 Å². The van der Waals surface area contributed by atoms with Crippen LogP contribution < -0.4 is 0 Å². The van der Waals surface area contributed by atoms with E-state index in [1.807, 2.05) is 13.8 Å². The van der Waals surface area contributed by atoms with Gasteiger partial charge >= 0.3 is 11.9 Å². The number of hydrogen-bond donors (Lipinski definition) is 0. The lowest BCUT2D eigenvalue weighted by atomic mass is 9.79. The van der Waals surface area contributed by atoms with Crippen molar-refractivity contribution in [3.63, 3.8) is 0 Å². The van der Waals surface area contributed by atoms with Gasteiger partial charge < -0.3 is 9.47 Å². The zero-order valence-electron chi connectivity index (χ0n) is 13.9. The van der Waals surface area contributed by atoms with Crippen molar-refractivity contribution in [1.82, 2.24) is 0 Å². The summed E-state index contributed by atoms with van der Waals surface area (Å²) < 4.78 is 10.7. The van der Waals surface area contributed by atoms with Gasteiger partial charge in [-0.3, -0.25) is 9.59 Å². The van der Waals surface area contributed by atoms with Crippen molar-refractivity contribution in [3.8, 4) is 0 Å². The Morgan fingerprint density at radius 1 is 1.00 bits per heavy atom. The van der Waals surface area contributed by atoms with Crippen molar-refractivity contribution >= 4 is 11.9 Å². The van der Waals surface area contributed by atoms with E-state index in [9.17, 15) is 9.59 Å². The first-order valence-electron chi connectivity index (χ1n) is 8.29. The van der Waals surface area contributed by atoms with Crippen LogP contribution in [0.25, 0.3) is 0 Å². The van der Waals surface area contributed by atoms with Gasteiger partial charge in [-0.2, -0.15) is 0 Å². The Morgan fingerprint density at radius 2 is 1.57 bits per heavy atom. The molecule has 122 valence electrons. The van der Waals surface area contributed by atoms with Gasteiger partial charge in [0.05, 0.1) is 24.5 Å². The van der Waals surface area contributed by atoms with Crippen LogP contribution in [0.1, 0.15) is 66.2 Å². The van der Waals surface area contributed by atoms with Gasteiger partial charge in [-0.15, -0.1) is 0 Å². The first-order chi connectivity index (χ1) is 9.91. The van der Waals surface area contributed by atoms with Crippen LogP contribution in [0, 0.1) is 17.8 Å². The van der Waals surface area contributed by atoms with Gasteiger partial charge in [-0.25, -0.2) is 0 Å². The maximum Gasteiger partial charge on any atom is 0.310 e. The third-order valence-electron chi connectivity index (χ3n) is 3.89. The van der Waals surface area contributed by atoms with Gasteiger partial charge in [0, 0.05) is 0 Å². The molecule has 0 spiro atoms. The van der Waals surface area contributed by atoms with Crippen LogP contribution in [0.5, 0.6) is 0 Å². The molecule has 1 aliphatic rings. The molecule has 0 bridgehead atoms. The molecule has 1 fully saturated rings. The molecule has 0 saturated heterocycles. The fraction of sp³-hybridized carbons (Fsp3) is 0.882. The van der Waals surface area contributed by atoms with Crippen molar-refractivity contribution in [3.05, 3.63) is 0 Å². The first kappa shape index (κ1) is 18.0. The Labute approximate surface area is 128 Å². The Morgan fingerprint density at radius 3 is 2.10 bits per heavy atom. The maximum atomic E-state index is 12.2. The summed E-state index contributed by atoms with van der Waals surface area (Å²) in [6.45, 7) is 8.43. The molecule has 1 aliphatic carbocycles. The van der Waals surface area contributed by atoms with Gasteiger partial charge in [0.15, 0.2) is 0 Å². The van der Waals surface area contributed by atoms with Crippen LogP contribution in [-0.4, -0.2) is 24.6 Å². The maximum absolute atomic E-state index is 12.2. The second-order valence-electron chi connectivity index (χ2n) is 6.69. The molecule has 0 heterocycles. The second kappa shape index (κ2) is 9.06. The number of carbonyl (C=O) groups excluding carboxylic acids is 2. The lowest BCUT2D eigenvalue weighted by Crippen LogP contribution is -2.36. The Balaban J connectivity index is 2.47. The summed E-state index contributed by atoms with van der Waals surface area (Å²) >= 11 is 0. The normalized spacial score (nSPS) is 22.4. The Hall–Kier alpha value is -1.06. The van der Waals surface area contributed by atoms with Crippen LogP contribution in [0.2, 0.25) is 0 Å². The Kier molecular flexibility index (Phi) is 7.76. The van der Waals surface area contributed by atoms with Crippen molar-refractivity contribution in [2.75, 3.05) is 6.61 Å². The molecule has 0 aliphatic heterocycles. The van der Waals surface area contributed by atoms with E-state index in [-0.39, 0.29) is 29.9 Å². The standard InChI is InChI=1S/C17H30O4/c1-12(2)8-7-11-20-16(18)14-9-5-6-10-15(14)17(19)21-13(3)4/h12-15H,5-11H2,1-4H3. The van der Waals surface area contributed by atoms with E-state index >= 15 is 0 Å². The summed E-state index contributed by atoms with van der Waals surface area (Å²) in [6.07, 6.45) is 5.24. The SMILES string of the molecule is CC(C)CCCOC(=O)C1CCCCC1C(=O)OC(C)C. The van der Waals surface area contributed by atoms with E-state index in [1.54, 1.807) is 0 Å². The lowest BCUT2D eigenvalue weighted by Gasteiger charge is -2.28. The van der Waals surface area contributed by atoms with Gasteiger partial charge in [0.2, 0.25) is 0 Å². The summed E-state index contributed by atoms with van der Waals surface area (Å²) in [4.78, 5) is 24.3. The molecular weight excluding hydrogens is 268 g/mol. The summed E-state index contributed by atoms with van der Waals surface area (Å²) in [6, 6.07) is 0. The summed E-state index contributed by atoms with van der Waals surface area (Å²) in [7, 11) is 0. The van der Waals surface area contributed by atoms with Crippen molar-refractivity contribution < 1.29 is 19.1 Å². The molecular formula is C17H30O4. The van der Waals surface area contributed by atoms with Crippen LogP contribution in [-0.2, 0) is 19.1 Å². The highest BCUT2D eigenvalue weighted by molar-refractivity contribution is 5.82. The second-order valence-corrected chi connectivity index (χ2v) is 6.69. The molecule has 0 amide bonds. The molecule has 0 N–H and O–H groups in total. The number of esters is 2. The molecule has 21 heavy (non-hydrogen) atoms. The van der Waals surface area contributed by atoms with Crippen LogP contribution in [0.15, 0.2) is 0 Å². The zero-order valence-corrected chi connectivity index (χ0v) is 13.9. The smallest absolute Gasteiger partial charge is 0.310 e. The minimum absolute atomic E-state index is 0.137. The monoisotopic (exact) mass is 298 g/mol. The van der Waals surface area contributed by atoms with Crippen LogP contribution in [0.3, 0.4) is 0 Å². The molecule has 1 saturated carbocycles. The van der Waals surface area contributed by atoms with E-state index in [1.165, 1.54) is 0 Å². The van der Waals surface area contributed by atoms with Crippen LogP contribution in [0.4, 0.5) is 0 Å². The van der Waals surface area contributed by atoms with E-state index in [2.05, 4.69) is 13.8 Å². The zero-order chi connectivity index (χ0) is 15.8. The topological polar surface area (TPSA) is 52.6 Å². The predicted molar refractivity (Wildman–Crippen MR) is 81.7 cm³/mol. The molecule has 0 aromatic rings. The first-order valence-corrected chi connectivity index (χ1v) is 8.29. The third kappa shape index (κ3) is 6.49. The molecule has 4 heteroatoms. The quantitative estimate of drug-likeness (QED) is 0.531. The van der Waals surface area contributed by atoms with Crippen molar-refractivity contribution in [2.24, 2.45) is 17.8 Å². The molecule has 0 aromatic carbocycles. The Bertz CT molecular complexity index is 336. The third-order valence-corrected chi connectivity index (χ3v) is 3.89. The minimum Gasteiger partial charge on any atom is -0.465 e. The predicted octanol–water partition coefficient (Wildman–Crippen LogP) is 3.72. The van der Waals surface area contributed by atoms with E-state index < -0.39 is 0 Å². The van der Waals surface area contributed by atoms with Gasteiger partial charge in [-0.1, -0.05) is 26.7 Å². The summed E-state index contributed by atoms with van der Waals surface area (Å²) in [5, 5.41) is 0. The van der Waals surface area contributed by atoms with Gasteiger partial charge in [0.1, 0.15) is 0 Å². The highest BCUT2D eigenvalue weighted by Gasteiger charge is 2.38. The lowest BCUT2D eigenvalue weighted by molar-refractivity contribution is -0.165. The number of hydrogen-bond acceptors (Lipinski definition) is 4. The van der Waals surface area contributed by atoms with Crippen molar-refractivity contribution in [1.29, 1.82) is 0 Å². The largest absolute Gasteiger partial charge is 0.465 e. The molecule has 0 radical (unpaired) electrons. The average Bonchev–Trinajstić information content (AvgIpc) is 2.42. The summed E-state index contributed by atoms with van der Waals surface area (Å²) in [5.41, 5.74) is 0. The number of ether oxygens (including phenoxy) is 2. The summed E-state index contributed by atoms with van der Waals surface area (Å²) in [5.74, 6) is -0.479. The average molecular weight is 298 g/mol. The van der Waals surface area contributed by atoms with Crippen LogP contribution >= 0.6 is 0 Å². The molecule has 2 atom stereocenters. The van der Waals surface area contributed by atoms with Crippen molar-refractivity contribution in [2.45, 2.75) is 72.3 Å². The van der Waals surface area contributed by atoms with E-state index in [0.717, 1.165) is 38.5 Å². The fourth-order valence-electron chi connectivity index (χ4n) is 2.79. The minimum atomic E-state index is -0.321. The van der Waals surface area contributed by atoms with E-state index in [0.29, 0.717) is 12.5 Å². The highest BCUT2D eigenvalue weighted by Crippen LogP contribution is 2.32. The number of carbonyl (C=O) groups is 2. The van der Waals surface area contributed by atoms with Gasteiger partial charge in [-0.05, 0) is 45.4 Å². The molecule has 4 nitrogen and oxygen atoms in total.